The summed E-state index contributed by atoms with van der Waals surface area (Å²) in [5.41, 5.74) is 0. The van der Waals surface area contributed by atoms with Crippen molar-refractivity contribution in [2.45, 2.75) is 0 Å². The van der Waals surface area contributed by atoms with E-state index < -0.39 is 0 Å². The van der Waals surface area contributed by atoms with Crippen LogP contribution in [0, 0.1) is 24.2 Å². The van der Waals surface area contributed by atoms with E-state index in [0.29, 0.717) is 0 Å². The molecule has 8 heavy (non-hydrogen) atoms. The highest BCUT2D eigenvalue weighted by atomic mass is 13.6. The predicted octanol–water partition coefficient (Wildman–Crippen LogP) is 1.37. The van der Waals surface area contributed by atoms with Crippen LogP contribution in [-0.2, 0) is 0 Å². The third-order valence-electron chi connectivity index (χ3n) is 0.448. The molecule has 0 atom stereocenters. The van der Waals surface area contributed by atoms with Gasteiger partial charge in [0.25, 0.3) is 0 Å². The molecule has 0 N–H and O–H groups in total. The molecule has 0 amide bonds. The fourth-order valence-corrected chi connectivity index (χ4v) is 0.197. The van der Waals surface area contributed by atoms with Gasteiger partial charge < -0.3 is 0 Å². The van der Waals surface area contributed by atoms with Crippen molar-refractivity contribution in [3.8, 4) is 24.2 Å². The Balaban J connectivity index is 3.61. The van der Waals surface area contributed by atoms with Crippen LogP contribution < -0.4 is 0 Å². The van der Waals surface area contributed by atoms with Gasteiger partial charge in [-0.25, -0.2) is 0 Å². The smallest absolute Gasteiger partial charge is 0.00318 e. The molecule has 0 nitrogen and oxygen atoms in total. The van der Waals surface area contributed by atoms with Crippen LogP contribution in [0.15, 0.2) is 24.8 Å². The minimum atomic E-state index is 1.51. The first-order chi connectivity index (χ1) is 3.91. The number of terminal acetylenes is 1. The Morgan fingerprint density at radius 3 is 2.50 bits per heavy atom. The van der Waals surface area contributed by atoms with Crippen molar-refractivity contribution in [1.82, 2.24) is 0 Å². The molecule has 0 saturated heterocycles. The molecule has 0 rings (SSSR count). The van der Waals surface area contributed by atoms with Gasteiger partial charge in [-0.3, -0.25) is 0 Å². The quantitative estimate of drug-likeness (QED) is 0.405. The lowest BCUT2D eigenvalue weighted by Crippen LogP contribution is -1.46. The number of hydrogen-bond donors (Lipinski definition) is 0. The van der Waals surface area contributed by atoms with Crippen LogP contribution in [0.25, 0.3) is 0 Å². The zero-order valence-electron chi connectivity index (χ0n) is 4.52. The van der Waals surface area contributed by atoms with Gasteiger partial charge in [-0.15, -0.1) is 6.42 Å². The predicted molar refractivity (Wildman–Crippen MR) is 35.9 cm³/mol. The van der Waals surface area contributed by atoms with E-state index in [0.717, 1.165) is 0 Å². The second kappa shape index (κ2) is 5.60. The standard InChI is InChI=1S/C8H6/c1-3-5-7-8-6-4-2/h1,4-5,7H,2H2/b7-5+. The van der Waals surface area contributed by atoms with Crippen LogP contribution in [0.5, 0.6) is 0 Å². The average Bonchev–Trinajstić information content (AvgIpc) is 1.81. The fraction of sp³-hybridized carbons (Fsp3) is 0. The molecule has 0 unspecified atom stereocenters. The van der Waals surface area contributed by atoms with Crippen molar-refractivity contribution in [1.29, 1.82) is 0 Å². The van der Waals surface area contributed by atoms with Crippen LogP contribution in [-0.4, -0.2) is 0 Å². The number of rotatable bonds is 0. The SMILES string of the molecule is C#C/C=C/C#CC=C. The Labute approximate surface area is 49.9 Å². The van der Waals surface area contributed by atoms with Gasteiger partial charge in [0.05, 0.1) is 0 Å². The summed E-state index contributed by atoms with van der Waals surface area (Å²) in [6.07, 6.45) is 9.53. The van der Waals surface area contributed by atoms with Gasteiger partial charge in [-0.05, 0) is 18.2 Å². The van der Waals surface area contributed by atoms with Gasteiger partial charge in [0, 0.05) is 0 Å². The zero-order valence-corrected chi connectivity index (χ0v) is 4.52. The third-order valence-corrected chi connectivity index (χ3v) is 0.448. The van der Waals surface area contributed by atoms with Gasteiger partial charge >= 0.3 is 0 Å². The van der Waals surface area contributed by atoms with Crippen molar-refractivity contribution in [2.75, 3.05) is 0 Å². The summed E-state index contributed by atoms with van der Waals surface area (Å²) in [7, 11) is 0. The maximum absolute atomic E-state index is 4.88. The van der Waals surface area contributed by atoms with E-state index in [-0.39, 0.29) is 0 Å². The van der Waals surface area contributed by atoms with E-state index in [1.807, 2.05) is 0 Å². The second-order valence-corrected chi connectivity index (χ2v) is 0.993. The molecule has 0 aliphatic rings. The molecule has 38 valence electrons. The minimum absolute atomic E-state index is 1.51. The zero-order chi connectivity index (χ0) is 6.24. The van der Waals surface area contributed by atoms with E-state index in [1.165, 1.54) is 12.2 Å². The maximum Gasteiger partial charge on any atom is -0.00318 e. The van der Waals surface area contributed by atoms with Gasteiger partial charge in [-0.1, -0.05) is 24.3 Å². The summed E-state index contributed by atoms with van der Waals surface area (Å²) in [6, 6.07) is 0. The Morgan fingerprint density at radius 1 is 1.25 bits per heavy atom. The van der Waals surface area contributed by atoms with Crippen LogP contribution in [0.3, 0.4) is 0 Å². The maximum atomic E-state index is 4.88. The van der Waals surface area contributed by atoms with E-state index in [2.05, 4.69) is 24.3 Å². The summed E-state index contributed by atoms with van der Waals surface area (Å²) >= 11 is 0. The Morgan fingerprint density at radius 2 is 2.00 bits per heavy atom. The molecular formula is C8H6. The summed E-state index contributed by atoms with van der Waals surface area (Å²) in [5, 5.41) is 0. The molecular weight excluding hydrogens is 96.1 g/mol. The molecule has 0 aromatic carbocycles. The summed E-state index contributed by atoms with van der Waals surface area (Å²) in [6.45, 7) is 3.40. The highest BCUT2D eigenvalue weighted by molar-refractivity contribution is 5.26. The van der Waals surface area contributed by atoms with Crippen molar-refractivity contribution < 1.29 is 0 Å². The number of hydrogen-bond acceptors (Lipinski definition) is 0. The van der Waals surface area contributed by atoms with E-state index in [4.69, 9.17) is 6.42 Å². The van der Waals surface area contributed by atoms with Crippen molar-refractivity contribution in [3.05, 3.63) is 24.8 Å². The molecule has 0 aliphatic heterocycles. The lowest BCUT2D eigenvalue weighted by Gasteiger charge is -1.59. The highest BCUT2D eigenvalue weighted by Crippen LogP contribution is 1.64. The monoisotopic (exact) mass is 102 g/mol. The van der Waals surface area contributed by atoms with Crippen molar-refractivity contribution in [2.24, 2.45) is 0 Å². The topological polar surface area (TPSA) is 0 Å². The van der Waals surface area contributed by atoms with Crippen molar-refractivity contribution >= 4 is 0 Å². The first-order valence-corrected chi connectivity index (χ1v) is 2.15. The summed E-state index contributed by atoms with van der Waals surface area (Å²) in [4.78, 5) is 0. The van der Waals surface area contributed by atoms with Crippen molar-refractivity contribution in [3.63, 3.8) is 0 Å². The van der Waals surface area contributed by atoms with Gasteiger partial charge in [0.1, 0.15) is 0 Å². The van der Waals surface area contributed by atoms with Crippen LogP contribution in [0.2, 0.25) is 0 Å². The largest absolute Gasteiger partial charge is 0.115 e. The van der Waals surface area contributed by atoms with Crippen LogP contribution in [0.1, 0.15) is 0 Å². The molecule has 0 saturated carbocycles. The van der Waals surface area contributed by atoms with E-state index in [1.54, 1.807) is 6.08 Å². The van der Waals surface area contributed by atoms with Crippen LogP contribution >= 0.6 is 0 Å². The summed E-state index contributed by atoms with van der Waals surface area (Å²) in [5.74, 6) is 7.57. The summed E-state index contributed by atoms with van der Waals surface area (Å²) < 4.78 is 0. The highest BCUT2D eigenvalue weighted by Gasteiger charge is 1.51. The molecule has 0 radical (unpaired) electrons. The number of allylic oxidation sites excluding steroid dienone is 3. The molecule has 0 fully saturated rings. The van der Waals surface area contributed by atoms with E-state index >= 15 is 0 Å². The normalized spacial score (nSPS) is 6.88. The lowest BCUT2D eigenvalue weighted by atomic mass is 10.5. The molecule has 0 heteroatoms. The molecule has 0 bridgehead atoms. The Hall–Kier alpha value is -1.40. The van der Waals surface area contributed by atoms with Gasteiger partial charge in [0.15, 0.2) is 0 Å². The van der Waals surface area contributed by atoms with Crippen LogP contribution in [0.4, 0.5) is 0 Å². The van der Waals surface area contributed by atoms with Gasteiger partial charge in [-0.2, -0.15) is 0 Å². The molecule has 0 aliphatic carbocycles. The first-order valence-electron chi connectivity index (χ1n) is 2.15. The second-order valence-electron chi connectivity index (χ2n) is 0.993. The Bertz CT molecular complexity index is 178. The Kier molecular flexibility index (Phi) is 4.62. The molecule has 0 aromatic heterocycles. The van der Waals surface area contributed by atoms with E-state index in [9.17, 15) is 0 Å². The third kappa shape index (κ3) is 4.60. The van der Waals surface area contributed by atoms with Gasteiger partial charge in [0.2, 0.25) is 0 Å². The minimum Gasteiger partial charge on any atom is -0.115 e. The molecule has 0 heterocycles. The lowest BCUT2D eigenvalue weighted by molar-refractivity contribution is 2.12. The fourth-order valence-electron chi connectivity index (χ4n) is 0.197. The average molecular weight is 102 g/mol. The first kappa shape index (κ1) is 6.60. The molecule has 0 spiro atoms. The molecule has 0 aromatic rings.